The van der Waals surface area contributed by atoms with E-state index in [-0.39, 0.29) is 27.1 Å². The highest BCUT2D eigenvalue weighted by Crippen LogP contribution is 2.34. The zero-order valence-electron chi connectivity index (χ0n) is 11.1. The minimum absolute atomic E-state index is 0.131. The van der Waals surface area contributed by atoms with Gasteiger partial charge < -0.3 is 5.11 Å². The van der Waals surface area contributed by atoms with E-state index in [2.05, 4.69) is 0 Å². The fourth-order valence-electron chi connectivity index (χ4n) is 1.83. The van der Waals surface area contributed by atoms with Crippen LogP contribution in [-0.2, 0) is 4.79 Å². The first-order valence-electron chi connectivity index (χ1n) is 6.16. The van der Waals surface area contributed by atoms with Gasteiger partial charge in [-0.1, -0.05) is 6.92 Å². The number of non-ortho nitro benzene ring substituents is 1. The number of benzene rings is 1. The number of aromatic hydroxyl groups is 1. The van der Waals surface area contributed by atoms with Crippen LogP contribution in [0.5, 0.6) is 5.75 Å². The lowest BCUT2D eigenvalue weighted by Crippen LogP contribution is -2.28. The summed E-state index contributed by atoms with van der Waals surface area (Å²) >= 11 is 0.757. The van der Waals surface area contributed by atoms with E-state index in [1.54, 1.807) is 0 Å². The molecule has 0 radical (unpaired) electrons. The Labute approximate surface area is 124 Å². The van der Waals surface area contributed by atoms with Gasteiger partial charge in [-0.25, -0.2) is 0 Å². The van der Waals surface area contributed by atoms with Crippen LogP contribution in [0.3, 0.4) is 0 Å². The van der Waals surface area contributed by atoms with E-state index in [0.29, 0.717) is 13.0 Å². The van der Waals surface area contributed by atoms with Gasteiger partial charge in [0.15, 0.2) is 0 Å². The molecular formula is C13H12N2O5S. The van der Waals surface area contributed by atoms with Crippen molar-refractivity contribution in [1.29, 1.82) is 0 Å². The van der Waals surface area contributed by atoms with Crippen LogP contribution in [0.15, 0.2) is 23.1 Å². The third-order valence-corrected chi connectivity index (χ3v) is 3.74. The van der Waals surface area contributed by atoms with Crippen LogP contribution in [0.25, 0.3) is 6.08 Å². The third kappa shape index (κ3) is 3.05. The SMILES string of the molecule is CCCN1C(=O)S/C(=C/c2cc([N+](=O)[O-])ccc2O)C1=O. The molecule has 0 unspecified atom stereocenters. The number of thioether (sulfide) groups is 1. The van der Waals surface area contributed by atoms with Crippen LogP contribution in [-0.4, -0.2) is 32.6 Å². The average molecular weight is 308 g/mol. The van der Waals surface area contributed by atoms with Gasteiger partial charge in [-0.3, -0.25) is 24.6 Å². The summed E-state index contributed by atoms with van der Waals surface area (Å²) in [6, 6.07) is 3.50. The maximum absolute atomic E-state index is 12.0. The van der Waals surface area contributed by atoms with Crippen LogP contribution >= 0.6 is 11.8 Å². The molecule has 0 saturated carbocycles. The first kappa shape index (κ1) is 15.0. The Morgan fingerprint density at radius 2 is 2.14 bits per heavy atom. The van der Waals surface area contributed by atoms with Crippen molar-refractivity contribution >= 4 is 34.7 Å². The molecule has 21 heavy (non-hydrogen) atoms. The van der Waals surface area contributed by atoms with Gasteiger partial charge in [0, 0.05) is 24.2 Å². The number of phenolic OH excluding ortho intramolecular Hbond substituents is 1. The predicted molar refractivity (Wildman–Crippen MR) is 77.7 cm³/mol. The van der Waals surface area contributed by atoms with Gasteiger partial charge in [0.05, 0.1) is 9.83 Å². The van der Waals surface area contributed by atoms with Crippen molar-refractivity contribution in [1.82, 2.24) is 4.90 Å². The minimum atomic E-state index is -0.598. The molecule has 1 N–H and O–H groups in total. The van der Waals surface area contributed by atoms with Crippen LogP contribution in [0.2, 0.25) is 0 Å². The smallest absolute Gasteiger partial charge is 0.293 e. The molecule has 1 saturated heterocycles. The molecule has 0 atom stereocenters. The number of phenols is 1. The normalized spacial score (nSPS) is 16.8. The molecule has 1 aromatic carbocycles. The van der Waals surface area contributed by atoms with E-state index in [9.17, 15) is 24.8 Å². The van der Waals surface area contributed by atoms with Gasteiger partial charge in [-0.15, -0.1) is 0 Å². The van der Waals surface area contributed by atoms with E-state index >= 15 is 0 Å². The Bertz CT molecular complexity index is 656. The van der Waals surface area contributed by atoms with Crippen molar-refractivity contribution in [2.75, 3.05) is 6.54 Å². The molecule has 1 aromatic rings. The topological polar surface area (TPSA) is 101 Å². The standard InChI is InChI=1S/C13H12N2O5S/c1-2-5-14-12(17)11(21-13(14)18)7-8-6-9(15(19)20)3-4-10(8)16/h3-4,6-7,16H,2,5H2,1H3/b11-7+. The quantitative estimate of drug-likeness (QED) is 0.521. The predicted octanol–water partition coefficient (Wildman–Crippen LogP) is 2.75. The summed E-state index contributed by atoms with van der Waals surface area (Å²) in [7, 11) is 0. The molecule has 0 spiro atoms. The van der Waals surface area contributed by atoms with Gasteiger partial charge in [-0.2, -0.15) is 0 Å². The monoisotopic (exact) mass is 308 g/mol. The molecule has 7 nitrogen and oxygen atoms in total. The summed E-state index contributed by atoms with van der Waals surface area (Å²) in [6.07, 6.45) is 1.94. The van der Waals surface area contributed by atoms with Gasteiger partial charge in [0.25, 0.3) is 16.8 Å². The van der Waals surface area contributed by atoms with Gasteiger partial charge in [0.2, 0.25) is 0 Å². The Kier molecular flexibility index (Phi) is 4.27. The summed E-state index contributed by atoms with van der Waals surface area (Å²) < 4.78 is 0. The molecule has 1 fully saturated rings. The molecule has 0 aromatic heterocycles. The second-order valence-corrected chi connectivity index (χ2v) is 5.33. The number of hydrogen-bond acceptors (Lipinski definition) is 6. The van der Waals surface area contributed by atoms with Crippen molar-refractivity contribution in [3.05, 3.63) is 38.8 Å². The van der Waals surface area contributed by atoms with Gasteiger partial charge >= 0.3 is 0 Å². The van der Waals surface area contributed by atoms with Crippen LogP contribution in [0, 0.1) is 10.1 Å². The molecular weight excluding hydrogens is 296 g/mol. The molecule has 110 valence electrons. The van der Waals surface area contributed by atoms with Gasteiger partial charge in [-0.05, 0) is 30.3 Å². The highest BCUT2D eigenvalue weighted by Gasteiger charge is 2.34. The molecule has 1 aliphatic rings. The van der Waals surface area contributed by atoms with Crippen molar-refractivity contribution in [2.24, 2.45) is 0 Å². The molecule has 2 amide bonds. The molecule has 1 aliphatic heterocycles. The van der Waals surface area contributed by atoms with Gasteiger partial charge in [0.1, 0.15) is 5.75 Å². The second kappa shape index (κ2) is 5.96. The zero-order chi connectivity index (χ0) is 15.6. The molecule has 0 bridgehead atoms. The lowest BCUT2D eigenvalue weighted by atomic mass is 10.1. The Morgan fingerprint density at radius 3 is 2.76 bits per heavy atom. The third-order valence-electron chi connectivity index (χ3n) is 2.83. The minimum Gasteiger partial charge on any atom is -0.507 e. The van der Waals surface area contributed by atoms with E-state index in [1.807, 2.05) is 6.92 Å². The molecule has 8 heteroatoms. The summed E-state index contributed by atoms with van der Waals surface area (Å²) in [6.45, 7) is 2.17. The number of imide groups is 1. The summed E-state index contributed by atoms with van der Waals surface area (Å²) in [5.74, 6) is -0.638. The first-order valence-corrected chi connectivity index (χ1v) is 6.98. The Morgan fingerprint density at radius 1 is 1.43 bits per heavy atom. The highest BCUT2D eigenvalue weighted by atomic mass is 32.2. The first-order chi connectivity index (χ1) is 9.93. The average Bonchev–Trinajstić information content (AvgIpc) is 2.69. The van der Waals surface area contributed by atoms with E-state index in [0.717, 1.165) is 28.8 Å². The molecule has 0 aliphatic carbocycles. The number of amides is 2. The lowest BCUT2D eigenvalue weighted by Gasteiger charge is -2.09. The number of nitro benzene ring substituents is 1. The van der Waals surface area contributed by atoms with Crippen molar-refractivity contribution in [3.8, 4) is 5.75 Å². The Hall–Kier alpha value is -2.35. The largest absolute Gasteiger partial charge is 0.507 e. The van der Waals surface area contributed by atoms with Crippen LogP contribution in [0.4, 0.5) is 10.5 Å². The maximum Gasteiger partial charge on any atom is 0.293 e. The van der Waals surface area contributed by atoms with E-state index in [4.69, 9.17) is 0 Å². The summed E-state index contributed by atoms with van der Waals surface area (Å²) in [5, 5.41) is 20.1. The number of nitro groups is 1. The second-order valence-electron chi connectivity index (χ2n) is 4.33. The number of rotatable bonds is 4. The molecule has 2 rings (SSSR count). The zero-order valence-corrected chi connectivity index (χ0v) is 11.9. The van der Waals surface area contributed by atoms with Crippen molar-refractivity contribution in [3.63, 3.8) is 0 Å². The van der Waals surface area contributed by atoms with E-state index in [1.165, 1.54) is 12.1 Å². The summed E-state index contributed by atoms with van der Waals surface area (Å²) in [5.41, 5.74) is -0.0713. The number of nitrogens with zero attached hydrogens (tertiary/aromatic N) is 2. The summed E-state index contributed by atoms with van der Waals surface area (Å²) in [4.78, 5) is 35.1. The lowest BCUT2D eigenvalue weighted by molar-refractivity contribution is -0.384. The highest BCUT2D eigenvalue weighted by molar-refractivity contribution is 8.18. The maximum atomic E-state index is 12.0. The number of carbonyl (C=O) groups excluding carboxylic acids is 2. The Balaban J connectivity index is 2.36. The van der Waals surface area contributed by atoms with Crippen molar-refractivity contribution in [2.45, 2.75) is 13.3 Å². The fraction of sp³-hybridized carbons (Fsp3) is 0.231. The van der Waals surface area contributed by atoms with Crippen molar-refractivity contribution < 1.29 is 19.6 Å². The molecule has 1 heterocycles. The number of hydrogen-bond donors (Lipinski definition) is 1. The number of carbonyl (C=O) groups is 2. The van der Waals surface area contributed by atoms with E-state index < -0.39 is 10.8 Å². The van der Waals surface area contributed by atoms with Crippen LogP contribution in [0.1, 0.15) is 18.9 Å². The fourth-order valence-corrected chi connectivity index (χ4v) is 2.68. The van der Waals surface area contributed by atoms with Crippen LogP contribution < -0.4 is 0 Å².